The zero-order valence-corrected chi connectivity index (χ0v) is 13.1. The zero-order chi connectivity index (χ0) is 15.3. The second-order valence-corrected chi connectivity index (χ2v) is 7.57. The molecule has 1 aromatic carbocycles. The topological polar surface area (TPSA) is 41.6 Å². The van der Waals surface area contributed by atoms with Crippen LogP contribution in [0.4, 0.5) is 10.1 Å². The van der Waals surface area contributed by atoms with Crippen LogP contribution in [-0.2, 0) is 0 Å². The van der Waals surface area contributed by atoms with E-state index in [1.807, 2.05) is 0 Å². The number of benzene rings is 1. The van der Waals surface area contributed by atoms with E-state index in [2.05, 4.69) is 30.7 Å². The van der Waals surface area contributed by atoms with Crippen LogP contribution in [0.25, 0.3) is 0 Å². The maximum atomic E-state index is 13.2. The van der Waals surface area contributed by atoms with Crippen molar-refractivity contribution >= 4 is 11.6 Å². The van der Waals surface area contributed by atoms with Crippen molar-refractivity contribution < 1.29 is 4.39 Å². The van der Waals surface area contributed by atoms with E-state index in [-0.39, 0.29) is 16.8 Å². The fraction of sp³-hybridized carbons (Fsp3) is 0.588. The number of nitrogens with two attached hydrogens (primary N) is 1. The summed E-state index contributed by atoms with van der Waals surface area (Å²) < 4.78 is 13.2. The van der Waals surface area contributed by atoms with Crippen LogP contribution in [-0.4, -0.2) is 18.0 Å². The van der Waals surface area contributed by atoms with Crippen LogP contribution in [0, 0.1) is 17.2 Å². The van der Waals surface area contributed by atoms with Gasteiger partial charge >= 0.3 is 0 Å². The summed E-state index contributed by atoms with van der Waals surface area (Å²) in [4.78, 5) is 6.66. The maximum absolute atomic E-state index is 13.2. The number of rotatable bonds is 1. The molecule has 0 radical (unpaired) electrons. The lowest BCUT2D eigenvalue weighted by atomic mass is 9.64. The van der Waals surface area contributed by atoms with Gasteiger partial charge in [-0.3, -0.25) is 4.99 Å². The van der Waals surface area contributed by atoms with Gasteiger partial charge in [-0.15, -0.1) is 0 Å². The number of halogens is 1. The van der Waals surface area contributed by atoms with Crippen molar-refractivity contribution in [3.05, 3.63) is 30.1 Å². The molecule has 1 aromatic rings. The molecular weight excluding hydrogens is 265 g/mol. The molecule has 1 aliphatic carbocycles. The molecule has 0 aromatic heterocycles. The Morgan fingerprint density at radius 2 is 1.90 bits per heavy atom. The summed E-state index contributed by atoms with van der Waals surface area (Å²) >= 11 is 0. The van der Waals surface area contributed by atoms with Gasteiger partial charge in [0, 0.05) is 5.69 Å². The predicted molar refractivity (Wildman–Crippen MR) is 84.9 cm³/mol. The molecule has 0 saturated heterocycles. The predicted octanol–water partition coefficient (Wildman–Crippen LogP) is 3.55. The number of guanidine groups is 1. The van der Waals surface area contributed by atoms with Crippen molar-refractivity contribution in [3.8, 4) is 0 Å². The first-order chi connectivity index (χ1) is 9.81. The molecule has 1 heterocycles. The summed E-state index contributed by atoms with van der Waals surface area (Å²) in [6.45, 7) is 7.69. The molecule has 1 aliphatic heterocycles. The second-order valence-electron chi connectivity index (χ2n) is 7.57. The summed E-state index contributed by atoms with van der Waals surface area (Å²) in [6.07, 6.45) is 3.37. The highest BCUT2D eigenvalue weighted by atomic mass is 19.1. The van der Waals surface area contributed by atoms with Crippen molar-refractivity contribution in [2.75, 3.05) is 11.4 Å². The summed E-state index contributed by atoms with van der Waals surface area (Å²) in [7, 11) is 0. The summed E-state index contributed by atoms with van der Waals surface area (Å²) in [5.74, 6) is 0.976. The molecule has 2 unspecified atom stereocenters. The van der Waals surface area contributed by atoms with Crippen LogP contribution in [0.5, 0.6) is 0 Å². The zero-order valence-electron chi connectivity index (χ0n) is 13.1. The Bertz CT molecular complexity index is 564. The minimum atomic E-state index is -0.222. The molecule has 2 N–H and O–H groups in total. The van der Waals surface area contributed by atoms with Gasteiger partial charge in [0.15, 0.2) is 5.96 Å². The lowest BCUT2D eigenvalue weighted by Crippen LogP contribution is -2.57. The molecule has 2 atom stereocenters. The number of hydrogen-bond acceptors (Lipinski definition) is 3. The van der Waals surface area contributed by atoms with Gasteiger partial charge in [-0.25, -0.2) is 4.39 Å². The van der Waals surface area contributed by atoms with Crippen molar-refractivity contribution in [2.45, 2.75) is 45.6 Å². The summed E-state index contributed by atoms with van der Waals surface area (Å²) in [6, 6.07) is 6.59. The van der Waals surface area contributed by atoms with Crippen molar-refractivity contribution in [1.82, 2.24) is 0 Å². The van der Waals surface area contributed by atoms with E-state index < -0.39 is 0 Å². The molecule has 114 valence electrons. The van der Waals surface area contributed by atoms with E-state index in [0.29, 0.717) is 11.9 Å². The Morgan fingerprint density at radius 3 is 2.52 bits per heavy atom. The van der Waals surface area contributed by atoms with E-state index in [4.69, 9.17) is 5.73 Å². The van der Waals surface area contributed by atoms with E-state index in [1.165, 1.54) is 18.6 Å². The van der Waals surface area contributed by atoms with Crippen molar-refractivity contribution in [1.29, 1.82) is 0 Å². The average molecular weight is 289 g/mol. The molecule has 3 nitrogen and oxygen atoms in total. The third-order valence-electron chi connectivity index (χ3n) is 4.76. The minimum absolute atomic E-state index is 0.0525. The fourth-order valence-electron chi connectivity index (χ4n) is 4.60. The Labute approximate surface area is 126 Å². The first-order valence-electron chi connectivity index (χ1n) is 7.67. The Balaban J connectivity index is 2.00. The van der Waals surface area contributed by atoms with Crippen molar-refractivity contribution in [2.24, 2.45) is 22.1 Å². The van der Waals surface area contributed by atoms with Gasteiger partial charge in [-0.05, 0) is 54.9 Å². The number of anilines is 1. The van der Waals surface area contributed by atoms with E-state index in [0.717, 1.165) is 25.1 Å². The molecule has 21 heavy (non-hydrogen) atoms. The van der Waals surface area contributed by atoms with Crippen LogP contribution in [0.1, 0.15) is 40.0 Å². The molecule has 0 bridgehead atoms. The van der Waals surface area contributed by atoms with Crippen LogP contribution >= 0.6 is 0 Å². The molecule has 1 fully saturated rings. The largest absolute Gasteiger partial charge is 0.369 e. The average Bonchev–Trinajstić information content (AvgIpc) is 2.65. The molecule has 1 saturated carbocycles. The van der Waals surface area contributed by atoms with Gasteiger partial charge in [0.1, 0.15) is 5.82 Å². The van der Waals surface area contributed by atoms with Gasteiger partial charge in [-0.1, -0.05) is 20.8 Å². The Hall–Kier alpha value is -1.58. The number of hydrogen-bond donors (Lipinski definition) is 1. The lowest BCUT2D eigenvalue weighted by Gasteiger charge is -2.50. The maximum Gasteiger partial charge on any atom is 0.196 e. The van der Waals surface area contributed by atoms with Gasteiger partial charge in [0.25, 0.3) is 0 Å². The first-order valence-corrected chi connectivity index (χ1v) is 7.67. The SMILES string of the molecule is CC1CC(C)(C)CC2(CN=C(N)N2c2ccc(F)cc2)C1. The molecule has 4 heteroatoms. The van der Waals surface area contributed by atoms with Crippen LogP contribution < -0.4 is 10.6 Å². The number of aliphatic imine (C=N–C) groups is 1. The highest BCUT2D eigenvalue weighted by molar-refractivity contribution is 5.98. The highest BCUT2D eigenvalue weighted by Gasteiger charge is 2.50. The van der Waals surface area contributed by atoms with Gasteiger partial charge in [0.2, 0.25) is 0 Å². The fourth-order valence-corrected chi connectivity index (χ4v) is 4.60. The third kappa shape index (κ3) is 2.52. The second kappa shape index (κ2) is 4.72. The van der Waals surface area contributed by atoms with E-state index >= 15 is 0 Å². The third-order valence-corrected chi connectivity index (χ3v) is 4.76. The minimum Gasteiger partial charge on any atom is -0.369 e. The smallest absolute Gasteiger partial charge is 0.196 e. The van der Waals surface area contributed by atoms with Crippen molar-refractivity contribution in [3.63, 3.8) is 0 Å². The normalized spacial score (nSPS) is 31.5. The lowest BCUT2D eigenvalue weighted by molar-refractivity contribution is 0.119. The summed E-state index contributed by atoms with van der Waals surface area (Å²) in [5, 5.41) is 0. The van der Waals surface area contributed by atoms with Crippen LogP contribution in [0.2, 0.25) is 0 Å². The first kappa shape index (κ1) is 14.4. The number of nitrogens with zero attached hydrogens (tertiary/aromatic N) is 2. The standard InChI is InChI=1S/C17H24FN3/c1-12-8-16(2,3)10-17(9-12)11-20-15(19)21(17)14-6-4-13(18)5-7-14/h4-7,12H,8-11H2,1-3H3,(H2,19,20). The molecule has 0 amide bonds. The monoisotopic (exact) mass is 289 g/mol. The van der Waals surface area contributed by atoms with Gasteiger partial charge in [0.05, 0.1) is 12.1 Å². The Morgan fingerprint density at radius 1 is 1.24 bits per heavy atom. The van der Waals surface area contributed by atoms with Crippen LogP contribution in [0.15, 0.2) is 29.3 Å². The van der Waals surface area contributed by atoms with Crippen LogP contribution in [0.3, 0.4) is 0 Å². The van der Waals surface area contributed by atoms with E-state index in [1.54, 1.807) is 12.1 Å². The molecule has 1 spiro atoms. The molecular formula is C17H24FN3. The Kier molecular flexibility index (Phi) is 3.23. The summed E-state index contributed by atoms with van der Waals surface area (Å²) in [5.41, 5.74) is 7.34. The molecule has 3 rings (SSSR count). The van der Waals surface area contributed by atoms with Gasteiger partial charge < -0.3 is 10.6 Å². The highest BCUT2D eigenvalue weighted by Crippen LogP contribution is 2.49. The van der Waals surface area contributed by atoms with E-state index in [9.17, 15) is 4.39 Å². The molecule has 2 aliphatic rings. The quantitative estimate of drug-likeness (QED) is 0.859. The van der Waals surface area contributed by atoms with Gasteiger partial charge in [-0.2, -0.15) is 0 Å².